The summed E-state index contributed by atoms with van der Waals surface area (Å²) in [5, 5.41) is 0. The van der Waals surface area contributed by atoms with Gasteiger partial charge in [0.1, 0.15) is 0 Å². The van der Waals surface area contributed by atoms with E-state index in [0.717, 1.165) is 5.56 Å². The third-order valence-electron chi connectivity index (χ3n) is 1.55. The summed E-state index contributed by atoms with van der Waals surface area (Å²) >= 11 is 0. The third-order valence-corrected chi connectivity index (χ3v) is 1.55. The zero-order valence-corrected chi connectivity index (χ0v) is 8.07. The number of nitrogens with zero attached hydrogens (tertiary/aromatic N) is 1. The Morgan fingerprint density at radius 3 is 2.77 bits per heavy atom. The van der Waals surface area contributed by atoms with Crippen molar-refractivity contribution in [2.24, 2.45) is 0 Å². The van der Waals surface area contributed by atoms with Gasteiger partial charge in [0.15, 0.2) is 5.69 Å². The molecular formula is C10H13NO2. The van der Waals surface area contributed by atoms with Crippen molar-refractivity contribution in [3.63, 3.8) is 0 Å². The van der Waals surface area contributed by atoms with Crippen LogP contribution in [0.15, 0.2) is 18.3 Å². The second-order valence-corrected chi connectivity index (χ2v) is 3.12. The van der Waals surface area contributed by atoms with E-state index in [1.54, 1.807) is 12.3 Å². The van der Waals surface area contributed by atoms with Gasteiger partial charge in [0.2, 0.25) is 0 Å². The number of carbonyl (C=O) groups excluding carboxylic acids is 1. The van der Waals surface area contributed by atoms with E-state index in [0.29, 0.717) is 5.69 Å². The van der Waals surface area contributed by atoms with Crippen LogP contribution in [-0.4, -0.2) is 17.1 Å². The molecule has 3 nitrogen and oxygen atoms in total. The average molecular weight is 179 g/mol. The molecule has 1 rings (SSSR count). The van der Waals surface area contributed by atoms with Crippen LogP contribution in [0.2, 0.25) is 0 Å². The molecule has 13 heavy (non-hydrogen) atoms. The van der Waals surface area contributed by atoms with Crippen LogP contribution in [0.1, 0.15) is 29.9 Å². The van der Waals surface area contributed by atoms with Crippen LogP contribution in [-0.2, 0) is 4.74 Å². The molecule has 3 heteroatoms. The normalized spacial score (nSPS) is 10.2. The standard InChI is InChI=1S/C10H13NO2/c1-7(2)13-10(12)9-8(3)5-4-6-11-9/h4-7H,1-3H3. The molecule has 0 aromatic carbocycles. The number of carbonyl (C=O) groups is 1. The van der Waals surface area contributed by atoms with Crippen molar-refractivity contribution in [1.29, 1.82) is 0 Å². The Morgan fingerprint density at radius 2 is 2.23 bits per heavy atom. The number of aryl methyl sites for hydroxylation is 1. The van der Waals surface area contributed by atoms with Gasteiger partial charge in [-0.25, -0.2) is 9.78 Å². The van der Waals surface area contributed by atoms with Crippen molar-refractivity contribution in [1.82, 2.24) is 4.98 Å². The number of pyridine rings is 1. The molecule has 0 spiro atoms. The molecule has 0 bridgehead atoms. The topological polar surface area (TPSA) is 39.2 Å². The van der Waals surface area contributed by atoms with Crippen LogP contribution in [0, 0.1) is 6.92 Å². The molecule has 0 saturated carbocycles. The Kier molecular flexibility index (Phi) is 3.01. The van der Waals surface area contributed by atoms with E-state index in [-0.39, 0.29) is 12.1 Å². The molecule has 1 aromatic heterocycles. The Labute approximate surface area is 77.8 Å². The minimum Gasteiger partial charge on any atom is -0.458 e. The lowest BCUT2D eigenvalue weighted by atomic mass is 10.2. The minimum atomic E-state index is -0.354. The van der Waals surface area contributed by atoms with Gasteiger partial charge in [-0.2, -0.15) is 0 Å². The summed E-state index contributed by atoms with van der Waals surface area (Å²) in [5.74, 6) is -0.354. The molecule has 0 aliphatic carbocycles. The summed E-state index contributed by atoms with van der Waals surface area (Å²) in [6, 6.07) is 3.63. The van der Waals surface area contributed by atoms with Gasteiger partial charge >= 0.3 is 5.97 Å². The van der Waals surface area contributed by atoms with Crippen molar-refractivity contribution in [3.8, 4) is 0 Å². The summed E-state index contributed by atoms with van der Waals surface area (Å²) in [5.41, 5.74) is 1.24. The number of aromatic nitrogens is 1. The minimum absolute atomic E-state index is 0.103. The van der Waals surface area contributed by atoms with Gasteiger partial charge in [-0.1, -0.05) is 6.07 Å². The number of esters is 1. The van der Waals surface area contributed by atoms with E-state index >= 15 is 0 Å². The fraction of sp³-hybridized carbons (Fsp3) is 0.400. The van der Waals surface area contributed by atoms with Crippen LogP contribution < -0.4 is 0 Å². The first-order valence-electron chi connectivity index (χ1n) is 4.24. The lowest BCUT2D eigenvalue weighted by Crippen LogP contribution is -2.14. The molecule has 0 N–H and O–H groups in total. The van der Waals surface area contributed by atoms with E-state index in [9.17, 15) is 4.79 Å². The first-order chi connectivity index (χ1) is 6.11. The number of ether oxygens (including phenoxy) is 1. The predicted molar refractivity (Wildman–Crippen MR) is 49.5 cm³/mol. The lowest BCUT2D eigenvalue weighted by molar-refractivity contribution is 0.0370. The van der Waals surface area contributed by atoms with Crippen molar-refractivity contribution in [2.75, 3.05) is 0 Å². The molecule has 0 aliphatic heterocycles. The average Bonchev–Trinajstić information content (AvgIpc) is 2.03. The fourth-order valence-corrected chi connectivity index (χ4v) is 0.969. The van der Waals surface area contributed by atoms with Gasteiger partial charge in [0, 0.05) is 6.20 Å². The Morgan fingerprint density at radius 1 is 1.54 bits per heavy atom. The number of rotatable bonds is 2. The van der Waals surface area contributed by atoms with Crippen LogP contribution in [0.4, 0.5) is 0 Å². The molecule has 0 radical (unpaired) electrons. The number of hydrogen-bond acceptors (Lipinski definition) is 3. The van der Waals surface area contributed by atoms with Gasteiger partial charge in [-0.05, 0) is 32.4 Å². The number of hydrogen-bond donors (Lipinski definition) is 0. The highest BCUT2D eigenvalue weighted by Crippen LogP contribution is 2.06. The Balaban J connectivity index is 2.83. The maximum atomic E-state index is 11.4. The summed E-state index contributed by atoms with van der Waals surface area (Å²) in [7, 11) is 0. The fourth-order valence-electron chi connectivity index (χ4n) is 0.969. The smallest absolute Gasteiger partial charge is 0.357 e. The van der Waals surface area contributed by atoms with Crippen LogP contribution in [0.5, 0.6) is 0 Å². The van der Waals surface area contributed by atoms with Gasteiger partial charge < -0.3 is 4.74 Å². The van der Waals surface area contributed by atoms with E-state index < -0.39 is 0 Å². The highest BCUT2D eigenvalue weighted by atomic mass is 16.5. The largest absolute Gasteiger partial charge is 0.458 e. The summed E-state index contributed by atoms with van der Waals surface area (Å²) in [4.78, 5) is 15.3. The van der Waals surface area contributed by atoms with Gasteiger partial charge in [-0.3, -0.25) is 0 Å². The van der Waals surface area contributed by atoms with E-state index in [2.05, 4.69) is 4.98 Å². The quantitative estimate of drug-likeness (QED) is 0.651. The maximum absolute atomic E-state index is 11.4. The molecule has 1 aromatic rings. The van der Waals surface area contributed by atoms with Crippen LogP contribution in [0.25, 0.3) is 0 Å². The SMILES string of the molecule is Cc1cccnc1C(=O)OC(C)C. The van der Waals surface area contributed by atoms with Crippen molar-refractivity contribution >= 4 is 5.97 Å². The predicted octanol–water partition coefficient (Wildman–Crippen LogP) is 1.96. The van der Waals surface area contributed by atoms with Crippen LogP contribution >= 0.6 is 0 Å². The molecule has 1 heterocycles. The van der Waals surface area contributed by atoms with Crippen molar-refractivity contribution < 1.29 is 9.53 Å². The van der Waals surface area contributed by atoms with E-state index in [1.807, 2.05) is 26.8 Å². The van der Waals surface area contributed by atoms with Crippen LogP contribution in [0.3, 0.4) is 0 Å². The second-order valence-electron chi connectivity index (χ2n) is 3.12. The van der Waals surface area contributed by atoms with Gasteiger partial charge in [-0.15, -0.1) is 0 Å². The molecule has 70 valence electrons. The molecule has 0 aliphatic rings. The second kappa shape index (κ2) is 4.03. The highest BCUT2D eigenvalue weighted by molar-refractivity contribution is 5.88. The monoisotopic (exact) mass is 179 g/mol. The first-order valence-corrected chi connectivity index (χ1v) is 4.24. The molecule has 0 atom stereocenters. The zero-order valence-electron chi connectivity index (χ0n) is 8.07. The summed E-state index contributed by atoms with van der Waals surface area (Å²) in [6.07, 6.45) is 1.48. The van der Waals surface area contributed by atoms with E-state index in [1.165, 1.54) is 0 Å². The molecule has 0 amide bonds. The molecular weight excluding hydrogens is 166 g/mol. The van der Waals surface area contributed by atoms with Crippen molar-refractivity contribution in [2.45, 2.75) is 26.9 Å². The Hall–Kier alpha value is -1.38. The Bertz CT molecular complexity index is 308. The summed E-state index contributed by atoms with van der Waals surface area (Å²) in [6.45, 7) is 5.47. The molecule has 0 saturated heterocycles. The first kappa shape index (κ1) is 9.71. The molecule has 0 unspecified atom stereocenters. The maximum Gasteiger partial charge on any atom is 0.357 e. The van der Waals surface area contributed by atoms with E-state index in [4.69, 9.17) is 4.74 Å². The van der Waals surface area contributed by atoms with Gasteiger partial charge in [0.25, 0.3) is 0 Å². The summed E-state index contributed by atoms with van der Waals surface area (Å²) < 4.78 is 5.02. The third kappa shape index (κ3) is 2.54. The van der Waals surface area contributed by atoms with Crippen molar-refractivity contribution in [3.05, 3.63) is 29.6 Å². The highest BCUT2D eigenvalue weighted by Gasteiger charge is 2.12. The zero-order chi connectivity index (χ0) is 9.84. The molecule has 0 fully saturated rings. The lowest BCUT2D eigenvalue weighted by Gasteiger charge is -2.08. The van der Waals surface area contributed by atoms with Gasteiger partial charge in [0.05, 0.1) is 6.10 Å².